The molecule has 1 N–H and O–H groups in total. The molecule has 1 fully saturated rings. The monoisotopic (exact) mass is 492 g/mol. The minimum Gasteiger partial charge on any atom is -0.351 e. The molecule has 0 bridgehead atoms. The molecule has 0 spiro atoms. The van der Waals surface area contributed by atoms with Crippen molar-refractivity contribution < 1.29 is 4.39 Å². The van der Waals surface area contributed by atoms with Crippen LogP contribution in [0.4, 0.5) is 10.1 Å². The maximum Gasteiger partial charge on any atom is 0.174 e. The van der Waals surface area contributed by atoms with Crippen molar-refractivity contribution in [2.45, 2.75) is 12.1 Å². The first-order valence-electron chi connectivity index (χ1n) is 9.81. The lowest BCUT2D eigenvalue weighted by Crippen LogP contribution is -2.30. The number of aromatic nitrogens is 2. The van der Waals surface area contributed by atoms with Gasteiger partial charge in [-0.25, -0.2) is 4.39 Å². The Hall–Kier alpha value is -3.03. The number of halogens is 2. The van der Waals surface area contributed by atoms with Crippen LogP contribution in [-0.4, -0.2) is 14.7 Å². The molecule has 0 amide bonds. The van der Waals surface area contributed by atoms with E-state index in [1.807, 2.05) is 47.5 Å². The van der Waals surface area contributed by atoms with Gasteiger partial charge in [-0.05, 0) is 85.0 Å². The van der Waals surface area contributed by atoms with Gasteiger partial charge in [-0.15, -0.1) is 0 Å². The van der Waals surface area contributed by atoms with Gasteiger partial charge in [-0.2, -0.15) is 0 Å². The Morgan fingerprint density at radius 3 is 2.35 bits per heavy atom. The van der Waals surface area contributed by atoms with E-state index in [1.165, 1.54) is 12.1 Å². The largest absolute Gasteiger partial charge is 0.351 e. The van der Waals surface area contributed by atoms with Crippen LogP contribution in [0.5, 0.6) is 0 Å². The van der Waals surface area contributed by atoms with Gasteiger partial charge in [0.1, 0.15) is 11.9 Å². The highest BCUT2D eigenvalue weighted by atomic mass is 79.9. The van der Waals surface area contributed by atoms with E-state index >= 15 is 0 Å². The summed E-state index contributed by atoms with van der Waals surface area (Å²) >= 11 is 9.24. The van der Waals surface area contributed by atoms with Gasteiger partial charge in [-0.1, -0.05) is 22.0 Å². The first-order chi connectivity index (χ1) is 15.1. The highest BCUT2D eigenvalue weighted by Gasteiger charge is 2.42. The van der Waals surface area contributed by atoms with Crippen molar-refractivity contribution in [1.82, 2.24) is 14.9 Å². The molecule has 0 unspecified atom stereocenters. The van der Waals surface area contributed by atoms with E-state index in [2.05, 4.69) is 49.0 Å². The van der Waals surface area contributed by atoms with Crippen LogP contribution in [0.15, 0.2) is 95.7 Å². The fraction of sp³-hybridized carbons (Fsp3) is 0.0833. The number of hydrogen-bond acceptors (Lipinski definition) is 2. The van der Waals surface area contributed by atoms with Crippen LogP contribution in [0.25, 0.3) is 5.69 Å². The van der Waals surface area contributed by atoms with E-state index in [1.54, 1.807) is 18.3 Å². The Kier molecular flexibility index (Phi) is 5.29. The van der Waals surface area contributed by atoms with Crippen molar-refractivity contribution in [1.29, 1.82) is 0 Å². The normalized spacial score (nSPS) is 18.3. The van der Waals surface area contributed by atoms with Gasteiger partial charge in [0.2, 0.25) is 0 Å². The number of benzene rings is 2. The fourth-order valence-corrected chi connectivity index (χ4v) is 4.62. The third-order valence-electron chi connectivity index (χ3n) is 5.39. The van der Waals surface area contributed by atoms with Gasteiger partial charge >= 0.3 is 0 Å². The lowest BCUT2D eigenvalue weighted by atomic mass is 10.0. The Labute approximate surface area is 193 Å². The van der Waals surface area contributed by atoms with Crippen LogP contribution >= 0.6 is 28.1 Å². The standard InChI is InChI=1S/C24H18BrFN4S/c25-16-6-10-18(11-7-16)29-15-3-5-21(29)23-22(20-4-1-2-14-27-20)28-24(31)30(23)19-12-8-17(26)9-13-19/h1-15,22-23H,(H,28,31)/t22-,23-/m1/s1. The Morgan fingerprint density at radius 1 is 0.903 bits per heavy atom. The van der Waals surface area contributed by atoms with Crippen LogP contribution in [0.1, 0.15) is 23.5 Å². The second-order valence-electron chi connectivity index (χ2n) is 7.25. The van der Waals surface area contributed by atoms with Crippen molar-refractivity contribution in [3.63, 3.8) is 0 Å². The van der Waals surface area contributed by atoms with E-state index in [-0.39, 0.29) is 17.9 Å². The lowest BCUT2D eigenvalue weighted by Gasteiger charge is -2.29. The second-order valence-corrected chi connectivity index (χ2v) is 8.55. The van der Waals surface area contributed by atoms with Gasteiger partial charge in [-0.3, -0.25) is 4.98 Å². The summed E-state index contributed by atoms with van der Waals surface area (Å²) in [7, 11) is 0. The van der Waals surface area contributed by atoms with Crippen LogP contribution in [0, 0.1) is 5.82 Å². The molecule has 2 aromatic heterocycles. The summed E-state index contributed by atoms with van der Waals surface area (Å²) in [5, 5.41) is 4.02. The number of anilines is 1. The number of pyridine rings is 1. The second kappa shape index (κ2) is 8.24. The number of rotatable bonds is 4. The van der Waals surface area contributed by atoms with E-state index in [4.69, 9.17) is 12.2 Å². The number of hydrogen-bond donors (Lipinski definition) is 1. The molecule has 5 rings (SSSR count). The first kappa shape index (κ1) is 19.9. The van der Waals surface area contributed by atoms with Gasteiger partial charge in [0.15, 0.2) is 5.11 Å². The highest BCUT2D eigenvalue weighted by molar-refractivity contribution is 9.10. The van der Waals surface area contributed by atoms with Crippen LogP contribution in [0.3, 0.4) is 0 Å². The SMILES string of the molecule is Fc1ccc(N2C(=S)N[C@H](c3ccccn3)[C@H]2c2cccn2-c2ccc(Br)cc2)cc1. The molecule has 1 aliphatic heterocycles. The molecule has 31 heavy (non-hydrogen) atoms. The molecule has 7 heteroatoms. The first-order valence-corrected chi connectivity index (χ1v) is 11.0. The summed E-state index contributed by atoms with van der Waals surface area (Å²) in [4.78, 5) is 6.63. The molecule has 4 aromatic rings. The smallest absolute Gasteiger partial charge is 0.174 e. The topological polar surface area (TPSA) is 33.1 Å². The molecular weight excluding hydrogens is 475 g/mol. The van der Waals surface area contributed by atoms with Crippen molar-refractivity contribution in [2.24, 2.45) is 0 Å². The maximum atomic E-state index is 13.6. The van der Waals surface area contributed by atoms with Crippen LogP contribution in [0.2, 0.25) is 0 Å². The molecule has 2 aromatic carbocycles. The molecule has 154 valence electrons. The minimum atomic E-state index is -0.280. The molecule has 0 aliphatic carbocycles. The molecule has 4 nitrogen and oxygen atoms in total. The molecule has 0 radical (unpaired) electrons. The van der Waals surface area contributed by atoms with E-state index in [0.29, 0.717) is 5.11 Å². The van der Waals surface area contributed by atoms with Gasteiger partial charge in [0.25, 0.3) is 0 Å². The summed E-state index contributed by atoms with van der Waals surface area (Å²) in [5.74, 6) is -0.280. The van der Waals surface area contributed by atoms with Gasteiger partial charge < -0.3 is 14.8 Å². The number of nitrogens with one attached hydrogen (secondary N) is 1. The molecule has 1 aliphatic rings. The Bertz CT molecular complexity index is 1210. The summed E-state index contributed by atoms with van der Waals surface area (Å²) in [5.41, 5.74) is 3.81. The minimum absolute atomic E-state index is 0.164. The van der Waals surface area contributed by atoms with Gasteiger partial charge in [0, 0.05) is 33.9 Å². The maximum absolute atomic E-state index is 13.6. The van der Waals surface area contributed by atoms with Crippen molar-refractivity contribution >= 4 is 38.9 Å². The van der Waals surface area contributed by atoms with E-state index in [9.17, 15) is 4.39 Å². The summed E-state index contributed by atoms with van der Waals surface area (Å²) < 4.78 is 16.8. The molecule has 3 heterocycles. The number of nitrogens with zero attached hydrogens (tertiary/aromatic N) is 3. The summed E-state index contributed by atoms with van der Waals surface area (Å²) in [6.07, 6.45) is 3.82. The average molecular weight is 493 g/mol. The van der Waals surface area contributed by atoms with Gasteiger partial charge in [0.05, 0.1) is 11.7 Å². The number of thiocarbonyl (C=S) groups is 1. The predicted octanol–water partition coefficient (Wildman–Crippen LogP) is 5.95. The lowest BCUT2D eigenvalue weighted by molar-refractivity contribution is 0.549. The Morgan fingerprint density at radius 2 is 1.65 bits per heavy atom. The summed E-state index contributed by atoms with van der Waals surface area (Å²) in [6, 6.07) is 24.2. The van der Waals surface area contributed by atoms with Crippen molar-refractivity contribution in [2.75, 3.05) is 4.90 Å². The van der Waals surface area contributed by atoms with Crippen molar-refractivity contribution in [3.05, 3.63) is 113 Å². The zero-order valence-electron chi connectivity index (χ0n) is 16.3. The average Bonchev–Trinajstić information content (AvgIpc) is 3.40. The molecule has 0 saturated carbocycles. The summed E-state index contributed by atoms with van der Waals surface area (Å²) in [6.45, 7) is 0. The zero-order chi connectivity index (χ0) is 21.4. The molecular formula is C24H18BrFN4S. The molecule has 2 atom stereocenters. The van der Waals surface area contributed by atoms with Crippen LogP contribution < -0.4 is 10.2 Å². The highest BCUT2D eigenvalue weighted by Crippen LogP contribution is 2.42. The Balaban J connectivity index is 1.66. The van der Waals surface area contributed by atoms with Crippen molar-refractivity contribution in [3.8, 4) is 5.69 Å². The van der Waals surface area contributed by atoms with E-state index in [0.717, 1.165) is 27.2 Å². The van der Waals surface area contributed by atoms with Crippen LogP contribution in [-0.2, 0) is 0 Å². The third-order valence-corrected chi connectivity index (χ3v) is 6.23. The third kappa shape index (κ3) is 3.75. The fourth-order valence-electron chi connectivity index (χ4n) is 4.01. The molecule has 1 saturated heterocycles. The zero-order valence-corrected chi connectivity index (χ0v) is 18.7. The predicted molar refractivity (Wildman–Crippen MR) is 128 cm³/mol. The van der Waals surface area contributed by atoms with E-state index < -0.39 is 0 Å². The quantitative estimate of drug-likeness (QED) is 0.356.